The molecule has 1 nitrogen and oxygen atoms in total. The zero-order chi connectivity index (χ0) is 11.2. The van der Waals surface area contributed by atoms with Crippen molar-refractivity contribution in [3.8, 4) is 0 Å². The van der Waals surface area contributed by atoms with Gasteiger partial charge in [0.2, 0.25) is 0 Å². The van der Waals surface area contributed by atoms with Crippen LogP contribution in [0.1, 0.15) is 58.3 Å². The smallest absolute Gasteiger partial charge is 0.0462 e. The molecule has 1 unspecified atom stereocenters. The first kappa shape index (κ1) is 15.4. The van der Waals surface area contributed by atoms with Gasteiger partial charge in [0.15, 0.2) is 0 Å². The van der Waals surface area contributed by atoms with E-state index in [1.165, 1.54) is 72.3 Å². The van der Waals surface area contributed by atoms with Crippen molar-refractivity contribution < 1.29 is 4.74 Å². The quantitative estimate of drug-likeness (QED) is 0.357. The molecule has 0 spiro atoms. The summed E-state index contributed by atoms with van der Waals surface area (Å²) in [5, 5.41) is 0. The number of hydrogen-bond donors (Lipinski definition) is 0. The molecule has 0 N–H and O–H groups in total. The summed E-state index contributed by atoms with van der Waals surface area (Å²) >= 11 is 0. The molecule has 0 aliphatic carbocycles. The lowest BCUT2D eigenvalue weighted by Crippen LogP contribution is -1.89. The standard InChI is InChI=1S/C13H29OP/c1-3-4-5-6-7-9-12-15-13-10-8-11-14-2/h15H,3-13H2,1-2H3. The van der Waals surface area contributed by atoms with Gasteiger partial charge in [-0.15, -0.1) is 8.58 Å². The van der Waals surface area contributed by atoms with Crippen LogP contribution < -0.4 is 0 Å². The number of unbranched alkanes of at least 4 members (excludes halogenated alkanes) is 6. The van der Waals surface area contributed by atoms with E-state index in [-0.39, 0.29) is 0 Å². The fourth-order valence-corrected chi connectivity index (χ4v) is 2.90. The van der Waals surface area contributed by atoms with Crippen LogP contribution in [0.3, 0.4) is 0 Å². The van der Waals surface area contributed by atoms with Crippen molar-refractivity contribution in [2.24, 2.45) is 0 Å². The van der Waals surface area contributed by atoms with Crippen molar-refractivity contribution in [2.75, 3.05) is 26.0 Å². The fraction of sp³-hybridized carbons (Fsp3) is 1.00. The van der Waals surface area contributed by atoms with E-state index in [1.54, 1.807) is 7.11 Å². The summed E-state index contributed by atoms with van der Waals surface area (Å²) < 4.78 is 5.03. The number of methoxy groups -OCH3 is 1. The number of rotatable bonds is 12. The Morgan fingerprint density at radius 3 is 2.07 bits per heavy atom. The molecule has 1 atom stereocenters. The van der Waals surface area contributed by atoms with Crippen molar-refractivity contribution in [1.82, 2.24) is 0 Å². The summed E-state index contributed by atoms with van der Waals surface area (Å²) in [4.78, 5) is 0. The monoisotopic (exact) mass is 232 g/mol. The second-order valence-electron chi connectivity index (χ2n) is 4.22. The van der Waals surface area contributed by atoms with Gasteiger partial charge in [-0.2, -0.15) is 0 Å². The van der Waals surface area contributed by atoms with Gasteiger partial charge in [0.25, 0.3) is 0 Å². The van der Waals surface area contributed by atoms with Crippen LogP contribution in [0.25, 0.3) is 0 Å². The van der Waals surface area contributed by atoms with E-state index in [9.17, 15) is 0 Å². The minimum absolute atomic E-state index is 0.946. The Labute approximate surface area is 98.1 Å². The van der Waals surface area contributed by atoms with E-state index in [4.69, 9.17) is 4.74 Å². The highest BCUT2D eigenvalue weighted by atomic mass is 31.1. The first-order chi connectivity index (χ1) is 7.41. The predicted molar refractivity (Wildman–Crippen MR) is 72.5 cm³/mol. The molecule has 2 heteroatoms. The summed E-state index contributed by atoms with van der Waals surface area (Å²) in [5.74, 6) is 0. The topological polar surface area (TPSA) is 9.23 Å². The Hall–Kier alpha value is 0.390. The molecule has 0 fully saturated rings. The molecule has 0 rings (SSSR count). The summed E-state index contributed by atoms with van der Waals surface area (Å²) in [7, 11) is 2.99. The lowest BCUT2D eigenvalue weighted by atomic mass is 10.1. The predicted octanol–water partition coefficient (Wildman–Crippen LogP) is 4.45. The first-order valence-corrected chi connectivity index (χ1v) is 8.03. The van der Waals surface area contributed by atoms with Crippen LogP contribution in [0.5, 0.6) is 0 Å². The molecular weight excluding hydrogens is 203 g/mol. The van der Waals surface area contributed by atoms with Crippen molar-refractivity contribution >= 4 is 8.58 Å². The van der Waals surface area contributed by atoms with E-state index in [1.807, 2.05) is 0 Å². The maximum atomic E-state index is 5.03. The Morgan fingerprint density at radius 1 is 0.800 bits per heavy atom. The van der Waals surface area contributed by atoms with Crippen LogP contribution in [0.15, 0.2) is 0 Å². The van der Waals surface area contributed by atoms with Crippen LogP contribution in [0.4, 0.5) is 0 Å². The molecule has 0 aliphatic rings. The second-order valence-corrected chi connectivity index (χ2v) is 5.72. The third-order valence-electron chi connectivity index (χ3n) is 2.66. The number of ether oxygens (including phenoxy) is 1. The Morgan fingerprint density at radius 2 is 1.40 bits per heavy atom. The highest BCUT2D eigenvalue weighted by Crippen LogP contribution is 2.16. The van der Waals surface area contributed by atoms with E-state index in [2.05, 4.69) is 6.92 Å². The summed E-state index contributed by atoms with van der Waals surface area (Å²) in [6.45, 7) is 3.23. The number of hydrogen-bond acceptors (Lipinski definition) is 1. The lowest BCUT2D eigenvalue weighted by molar-refractivity contribution is 0.194. The summed E-state index contributed by atoms with van der Waals surface area (Å²) in [6, 6.07) is 0. The molecular formula is C13H29OP. The molecule has 0 aromatic rings. The van der Waals surface area contributed by atoms with E-state index >= 15 is 0 Å². The molecule has 0 heterocycles. The minimum Gasteiger partial charge on any atom is -0.385 e. The summed E-state index contributed by atoms with van der Waals surface area (Å²) in [6.07, 6.45) is 14.1. The van der Waals surface area contributed by atoms with Crippen LogP contribution in [-0.2, 0) is 4.74 Å². The minimum atomic E-state index is 0.946. The molecule has 15 heavy (non-hydrogen) atoms. The third-order valence-corrected chi connectivity index (χ3v) is 4.07. The van der Waals surface area contributed by atoms with Gasteiger partial charge in [0.1, 0.15) is 0 Å². The van der Waals surface area contributed by atoms with Crippen LogP contribution in [0, 0.1) is 0 Å². The second kappa shape index (κ2) is 14.4. The zero-order valence-corrected chi connectivity index (χ0v) is 11.7. The average molecular weight is 232 g/mol. The SMILES string of the molecule is CCCCCCCCPCCCCOC. The molecule has 92 valence electrons. The highest BCUT2D eigenvalue weighted by molar-refractivity contribution is 7.37. The van der Waals surface area contributed by atoms with Crippen molar-refractivity contribution in [1.29, 1.82) is 0 Å². The van der Waals surface area contributed by atoms with Crippen molar-refractivity contribution in [3.63, 3.8) is 0 Å². The normalized spacial score (nSPS) is 11.6. The molecule has 0 amide bonds. The molecule has 0 aliphatic heterocycles. The summed E-state index contributed by atoms with van der Waals surface area (Å²) in [5.41, 5.74) is 0. The maximum absolute atomic E-state index is 5.03. The lowest BCUT2D eigenvalue weighted by Gasteiger charge is -2.02. The van der Waals surface area contributed by atoms with Gasteiger partial charge >= 0.3 is 0 Å². The molecule has 0 bridgehead atoms. The van der Waals surface area contributed by atoms with E-state index < -0.39 is 0 Å². The van der Waals surface area contributed by atoms with Gasteiger partial charge < -0.3 is 4.74 Å². The molecule has 0 aromatic carbocycles. The Balaban J connectivity index is 2.81. The first-order valence-electron chi connectivity index (χ1n) is 6.61. The van der Waals surface area contributed by atoms with Crippen molar-refractivity contribution in [3.05, 3.63) is 0 Å². The molecule has 0 saturated heterocycles. The Kier molecular flexibility index (Phi) is 14.8. The molecule has 0 saturated carbocycles. The molecule has 0 aromatic heterocycles. The van der Waals surface area contributed by atoms with Crippen molar-refractivity contribution in [2.45, 2.75) is 58.3 Å². The fourth-order valence-electron chi connectivity index (χ4n) is 1.65. The van der Waals surface area contributed by atoms with Gasteiger partial charge in [-0.3, -0.25) is 0 Å². The van der Waals surface area contributed by atoms with Gasteiger partial charge in [-0.1, -0.05) is 39.0 Å². The largest absolute Gasteiger partial charge is 0.385 e. The van der Waals surface area contributed by atoms with E-state index in [0.29, 0.717) is 0 Å². The highest BCUT2D eigenvalue weighted by Gasteiger charge is 1.92. The van der Waals surface area contributed by atoms with Gasteiger partial charge in [0.05, 0.1) is 0 Å². The van der Waals surface area contributed by atoms with Crippen LogP contribution >= 0.6 is 8.58 Å². The van der Waals surface area contributed by atoms with Gasteiger partial charge in [-0.25, -0.2) is 0 Å². The van der Waals surface area contributed by atoms with Crippen LogP contribution in [0.2, 0.25) is 0 Å². The maximum Gasteiger partial charge on any atom is 0.0462 e. The van der Waals surface area contributed by atoms with Gasteiger partial charge in [0, 0.05) is 13.7 Å². The zero-order valence-electron chi connectivity index (χ0n) is 10.7. The van der Waals surface area contributed by atoms with E-state index in [0.717, 1.165) is 6.61 Å². The average Bonchev–Trinajstić information content (AvgIpc) is 2.26. The Bertz CT molecular complexity index is 94.7. The van der Waals surface area contributed by atoms with Gasteiger partial charge in [-0.05, 0) is 31.6 Å². The third kappa shape index (κ3) is 14.4. The van der Waals surface area contributed by atoms with Crippen LogP contribution in [-0.4, -0.2) is 26.0 Å². The molecule has 0 radical (unpaired) electrons.